The van der Waals surface area contributed by atoms with Gasteiger partial charge in [0, 0.05) is 16.5 Å². The number of fused-ring (bicyclic) bond motifs is 3. The molecule has 2 heterocycles. The molecular weight excluding hydrogens is 262 g/mol. The first-order valence-electron chi connectivity index (χ1n) is 7.32. The summed E-state index contributed by atoms with van der Waals surface area (Å²) in [5.41, 5.74) is 5.64. The molecular formula is C18H19NS. The van der Waals surface area contributed by atoms with Crippen LogP contribution >= 0.6 is 11.3 Å². The molecule has 0 radical (unpaired) electrons. The maximum absolute atomic E-state index is 3.85. The minimum atomic E-state index is 0.461. The van der Waals surface area contributed by atoms with E-state index in [1.165, 1.54) is 33.7 Å². The van der Waals surface area contributed by atoms with Gasteiger partial charge in [0.15, 0.2) is 0 Å². The Morgan fingerprint density at radius 1 is 1.20 bits per heavy atom. The van der Waals surface area contributed by atoms with Crippen molar-refractivity contribution < 1.29 is 0 Å². The molecule has 0 spiro atoms. The van der Waals surface area contributed by atoms with Gasteiger partial charge in [-0.3, -0.25) is 0 Å². The van der Waals surface area contributed by atoms with Crippen LogP contribution < -0.4 is 5.32 Å². The fourth-order valence-electron chi connectivity index (χ4n) is 3.67. The van der Waals surface area contributed by atoms with E-state index in [1.54, 1.807) is 0 Å². The predicted molar refractivity (Wildman–Crippen MR) is 86.6 cm³/mol. The highest BCUT2D eigenvalue weighted by molar-refractivity contribution is 7.10. The lowest BCUT2D eigenvalue weighted by molar-refractivity contribution is 0.429. The number of hydrogen-bond donors (Lipinski definition) is 1. The molecule has 3 atom stereocenters. The third kappa shape index (κ3) is 1.68. The smallest absolute Gasteiger partial charge is 0.0646 e. The van der Waals surface area contributed by atoms with Gasteiger partial charge in [-0.05, 0) is 54.3 Å². The molecule has 2 aliphatic rings. The summed E-state index contributed by atoms with van der Waals surface area (Å²) in [6.07, 6.45) is 5.97. The number of nitrogens with one attached hydrogen (secondary N) is 1. The minimum Gasteiger partial charge on any atom is -0.377 e. The lowest BCUT2D eigenvalue weighted by atomic mass is 9.77. The molecule has 1 aromatic carbocycles. The lowest BCUT2D eigenvalue weighted by Gasteiger charge is -2.38. The second-order valence-electron chi connectivity index (χ2n) is 5.96. The van der Waals surface area contributed by atoms with Crippen LogP contribution in [0.2, 0.25) is 0 Å². The maximum Gasteiger partial charge on any atom is 0.0646 e. The van der Waals surface area contributed by atoms with Gasteiger partial charge in [-0.15, -0.1) is 11.3 Å². The van der Waals surface area contributed by atoms with Gasteiger partial charge in [-0.25, -0.2) is 0 Å². The van der Waals surface area contributed by atoms with Gasteiger partial charge in [0.2, 0.25) is 0 Å². The van der Waals surface area contributed by atoms with E-state index in [4.69, 9.17) is 0 Å². The van der Waals surface area contributed by atoms with E-state index in [-0.39, 0.29) is 0 Å². The fraction of sp³-hybridized carbons (Fsp3) is 0.333. The van der Waals surface area contributed by atoms with Crippen molar-refractivity contribution in [3.05, 3.63) is 63.4 Å². The molecule has 0 saturated heterocycles. The van der Waals surface area contributed by atoms with Gasteiger partial charge < -0.3 is 5.32 Å². The zero-order valence-corrected chi connectivity index (χ0v) is 12.7. The zero-order chi connectivity index (χ0) is 13.7. The Bertz CT molecular complexity index is 669. The van der Waals surface area contributed by atoms with Crippen molar-refractivity contribution in [3.8, 4) is 0 Å². The van der Waals surface area contributed by atoms with E-state index in [0.29, 0.717) is 17.9 Å². The number of benzene rings is 1. The fourth-order valence-corrected chi connectivity index (χ4v) is 4.52. The highest BCUT2D eigenvalue weighted by atomic mass is 32.1. The third-order valence-electron chi connectivity index (χ3n) is 4.92. The molecule has 3 unspecified atom stereocenters. The summed E-state index contributed by atoms with van der Waals surface area (Å²) in [6.45, 7) is 4.44. The Morgan fingerprint density at radius 3 is 2.90 bits per heavy atom. The first-order valence-corrected chi connectivity index (χ1v) is 8.20. The third-order valence-corrected chi connectivity index (χ3v) is 5.87. The molecule has 1 aliphatic heterocycles. The van der Waals surface area contributed by atoms with Crippen molar-refractivity contribution in [2.24, 2.45) is 5.92 Å². The summed E-state index contributed by atoms with van der Waals surface area (Å²) < 4.78 is 0. The Hall–Kier alpha value is -1.54. The largest absolute Gasteiger partial charge is 0.377 e. The van der Waals surface area contributed by atoms with Crippen LogP contribution in [-0.4, -0.2) is 0 Å². The van der Waals surface area contributed by atoms with Gasteiger partial charge in [-0.1, -0.05) is 30.4 Å². The first-order chi connectivity index (χ1) is 9.75. The predicted octanol–water partition coefficient (Wildman–Crippen LogP) is 5.19. The van der Waals surface area contributed by atoms with Gasteiger partial charge in [0.25, 0.3) is 0 Å². The summed E-state index contributed by atoms with van der Waals surface area (Å²) in [7, 11) is 0. The second-order valence-corrected chi connectivity index (χ2v) is 6.94. The highest BCUT2D eigenvalue weighted by Crippen LogP contribution is 2.51. The Labute approximate surface area is 124 Å². The van der Waals surface area contributed by atoms with Gasteiger partial charge in [0.05, 0.1) is 6.04 Å². The molecule has 1 nitrogen and oxygen atoms in total. The number of hydrogen-bond acceptors (Lipinski definition) is 2. The zero-order valence-electron chi connectivity index (χ0n) is 11.9. The summed E-state index contributed by atoms with van der Waals surface area (Å²) >= 11 is 1.87. The topological polar surface area (TPSA) is 12.0 Å². The molecule has 0 fully saturated rings. The van der Waals surface area contributed by atoms with Crippen LogP contribution in [0.1, 0.15) is 39.9 Å². The molecule has 4 rings (SSSR count). The van der Waals surface area contributed by atoms with Crippen molar-refractivity contribution in [1.82, 2.24) is 0 Å². The van der Waals surface area contributed by atoms with E-state index in [0.717, 1.165) is 0 Å². The van der Waals surface area contributed by atoms with Crippen molar-refractivity contribution >= 4 is 17.0 Å². The standard InChI is InChI=1S/C18H19NS/c1-11-8-9-15-13-5-3-6-14(13)18(16-7-4-10-20-16)19-17(15)12(11)2/h3-5,7-10,13-14,18-19H,6H2,1-2H3. The average Bonchev–Trinajstić information content (AvgIpc) is 3.12. The second kappa shape index (κ2) is 4.49. The average molecular weight is 281 g/mol. The van der Waals surface area contributed by atoms with Gasteiger partial charge in [-0.2, -0.15) is 0 Å². The van der Waals surface area contributed by atoms with Crippen LogP contribution in [-0.2, 0) is 0 Å². The number of allylic oxidation sites excluding steroid dienone is 2. The summed E-state index contributed by atoms with van der Waals surface area (Å²) in [6, 6.07) is 9.49. The van der Waals surface area contributed by atoms with E-state index in [1.807, 2.05) is 11.3 Å². The van der Waals surface area contributed by atoms with E-state index < -0.39 is 0 Å². The normalized spacial score (nSPS) is 27.0. The van der Waals surface area contributed by atoms with Crippen LogP contribution in [0.5, 0.6) is 0 Å². The number of rotatable bonds is 1. The number of aryl methyl sites for hydroxylation is 1. The molecule has 2 heteroatoms. The van der Waals surface area contributed by atoms with Crippen molar-refractivity contribution in [2.45, 2.75) is 32.2 Å². The molecule has 1 aromatic heterocycles. The highest BCUT2D eigenvalue weighted by Gasteiger charge is 2.38. The Morgan fingerprint density at radius 2 is 2.10 bits per heavy atom. The molecule has 2 aromatic rings. The molecule has 0 bridgehead atoms. The number of thiophene rings is 1. The lowest BCUT2D eigenvalue weighted by Crippen LogP contribution is -2.29. The SMILES string of the molecule is Cc1ccc2c(c1C)NC(c1cccs1)C1CC=CC21. The van der Waals surface area contributed by atoms with E-state index >= 15 is 0 Å². The monoisotopic (exact) mass is 281 g/mol. The van der Waals surface area contributed by atoms with Gasteiger partial charge in [0.1, 0.15) is 0 Å². The van der Waals surface area contributed by atoms with Gasteiger partial charge >= 0.3 is 0 Å². The van der Waals surface area contributed by atoms with Crippen molar-refractivity contribution in [2.75, 3.05) is 5.32 Å². The first kappa shape index (κ1) is 12.2. The maximum atomic E-state index is 3.85. The number of anilines is 1. The van der Waals surface area contributed by atoms with Crippen LogP contribution in [0.4, 0.5) is 5.69 Å². The molecule has 0 saturated carbocycles. The van der Waals surface area contributed by atoms with E-state index in [2.05, 4.69) is 61.0 Å². The molecule has 102 valence electrons. The molecule has 1 aliphatic carbocycles. The van der Waals surface area contributed by atoms with Crippen molar-refractivity contribution in [1.29, 1.82) is 0 Å². The Kier molecular flexibility index (Phi) is 2.74. The molecule has 1 N–H and O–H groups in total. The summed E-state index contributed by atoms with van der Waals surface area (Å²) in [5.74, 6) is 1.25. The van der Waals surface area contributed by atoms with Crippen molar-refractivity contribution in [3.63, 3.8) is 0 Å². The van der Waals surface area contributed by atoms with Crippen LogP contribution in [0.15, 0.2) is 41.8 Å². The van der Waals surface area contributed by atoms with Crippen LogP contribution in [0, 0.1) is 19.8 Å². The quantitative estimate of drug-likeness (QED) is 0.709. The van der Waals surface area contributed by atoms with E-state index in [9.17, 15) is 0 Å². The van der Waals surface area contributed by atoms with Crippen LogP contribution in [0.3, 0.4) is 0 Å². The molecule has 20 heavy (non-hydrogen) atoms. The summed E-state index contributed by atoms with van der Waals surface area (Å²) in [4.78, 5) is 1.47. The summed E-state index contributed by atoms with van der Waals surface area (Å²) in [5, 5.41) is 6.04. The minimum absolute atomic E-state index is 0.461. The Balaban J connectivity index is 1.86. The van der Waals surface area contributed by atoms with Crippen LogP contribution in [0.25, 0.3) is 0 Å². The molecule has 0 amide bonds.